The largest absolute Gasteiger partial charge is 0.457 e. The fourth-order valence-electron chi connectivity index (χ4n) is 4.24. The average Bonchev–Trinajstić information content (AvgIpc) is 3.26. The summed E-state index contributed by atoms with van der Waals surface area (Å²) in [7, 11) is 0. The number of likely N-dealkylation sites (tertiary alicyclic amines) is 1. The lowest BCUT2D eigenvalue weighted by molar-refractivity contribution is -0.135. The molecule has 33 heavy (non-hydrogen) atoms. The van der Waals surface area contributed by atoms with Crippen LogP contribution in [0.15, 0.2) is 60.9 Å². The van der Waals surface area contributed by atoms with Crippen LogP contribution in [0.4, 0.5) is 5.82 Å². The third kappa shape index (κ3) is 4.10. The van der Waals surface area contributed by atoms with Crippen molar-refractivity contribution in [2.75, 3.05) is 25.4 Å². The van der Waals surface area contributed by atoms with E-state index in [0.29, 0.717) is 41.4 Å². The molecule has 1 amide bonds. The summed E-state index contributed by atoms with van der Waals surface area (Å²) in [5.74, 6) is 1.55. The van der Waals surface area contributed by atoms with Crippen LogP contribution in [0.25, 0.3) is 22.3 Å². The first-order valence-electron chi connectivity index (χ1n) is 10.8. The van der Waals surface area contributed by atoms with Gasteiger partial charge < -0.3 is 20.5 Å². The Hall–Kier alpha value is -3.98. The molecule has 1 unspecified atom stereocenters. The van der Waals surface area contributed by atoms with Crippen molar-refractivity contribution in [3.8, 4) is 22.8 Å². The van der Waals surface area contributed by atoms with Crippen molar-refractivity contribution >= 4 is 22.8 Å². The molecule has 3 heterocycles. The summed E-state index contributed by atoms with van der Waals surface area (Å²) in [5, 5.41) is 14.8. The molecule has 0 bridgehead atoms. The van der Waals surface area contributed by atoms with Crippen LogP contribution in [0, 0.1) is 0 Å². The van der Waals surface area contributed by atoms with Gasteiger partial charge in [0, 0.05) is 18.7 Å². The van der Waals surface area contributed by atoms with E-state index in [0.717, 1.165) is 24.2 Å². The van der Waals surface area contributed by atoms with Gasteiger partial charge in [0.1, 0.15) is 35.9 Å². The van der Waals surface area contributed by atoms with E-state index in [1.54, 1.807) is 4.90 Å². The summed E-state index contributed by atoms with van der Waals surface area (Å²) < 4.78 is 7.73. The van der Waals surface area contributed by atoms with E-state index in [1.165, 1.54) is 6.33 Å². The van der Waals surface area contributed by atoms with Gasteiger partial charge in [0.2, 0.25) is 5.91 Å². The molecule has 0 radical (unpaired) electrons. The van der Waals surface area contributed by atoms with Crippen LogP contribution in [-0.2, 0) is 4.79 Å². The van der Waals surface area contributed by atoms with Crippen LogP contribution in [0.3, 0.4) is 0 Å². The van der Waals surface area contributed by atoms with Gasteiger partial charge in [0.05, 0.1) is 11.4 Å². The molecule has 0 spiro atoms. The molecule has 1 atom stereocenters. The topological polar surface area (TPSA) is 119 Å². The van der Waals surface area contributed by atoms with Gasteiger partial charge in [-0.3, -0.25) is 4.79 Å². The maximum Gasteiger partial charge on any atom is 0.248 e. The molecule has 4 aromatic rings. The molecular formula is C24H24N6O3. The van der Waals surface area contributed by atoms with Crippen molar-refractivity contribution in [1.29, 1.82) is 0 Å². The van der Waals surface area contributed by atoms with Gasteiger partial charge in [0.25, 0.3) is 0 Å². The van der Waals surface area contributed by atoms with E-state index in [9.17, 15) is 9.90 Å². The summed E-state index contributed by atoms with van der Waals surface area (Å²) in [5.41, 5.74) is 8.41. The van der Waals surface area contributed by atoms with Gasteiger partial charge in [-0.15, -0.1) is 0 Å². The molecule has 3 N–H and O–H groups in total. The van der Waals surface area contributed by atoms with Gasteiger partial charge >= 0.3 is 0 Å². The number of piperidine rings is 1. The number of aliphatic hydroxyl groups is 1. The Balaban J connectivity index is 1.49. The number of anilines is 1. The number of hydrogen-bond acceptors (Lipinski definition) is 7. The summed E-state index contributed by atoms with van der Waals surface area (Å²) in [6.45, 7) is 0.593. The van der Waals surface area contributed by atoms with Crippen LogP contribution < -0.4 is 10.5 Å². The molecule has 9 nitrogen and oxygen atoms in total. The van der Waals surface area contributed by atoms with Crippen molar-refractivity contribution in [1.82, 2.24) is 24.6 Å². The normalized spacial score (nSPS) is 16.2. The molecule has 168 valence electrons. The number of para-hydroxylation sites is 1. The fourth-order valence-corrected chi connectivity index (χ4v) is 4.24. The van der Waals surface area contributed by atoms with E-state index in [1.807, 2.05) is 59.3 Å². The molecule has 1 aliphatic heterocycles. The molecule has 1 saturated heterocycles. The number of aliphatic hydroxyl groups excluding tert-OH is 1. The van der Waals surface area contributed by atoms with Crippen LogP contribution in [0.5, 0.6) is 11.5 Å². The lowest BCUT2D eigenvalue weighted by Crippen LogP contribution is -2.42. The van der Waals surface area contributed by atoms with Crippen LogP contribution in [-0.4, -0.2) is 55.4 Å². The summed E-state index contributed by atoms with van der Waals surface area (Å²) in [6.07, 6.45) is 3.09. The fraction of sp³-hybridized carbons (Fsp3) is 0.250. The number of carbonyl (C=O) groups is 1. The van der Waals surface area contributed by atoms with Crippen molar-refractivity contribution in [2.45, 2.75) is 18.9 Å². The number of aromatic nitrogens is 4. The number of rotatable bonds is 5. The van der Waals surface area contributed by atoms with Gasteiger partial charge in [-0.25, -0.2) is 14.6 Å². The first-order chi connectivity index (χ1) is 16.1. The van der Waals surface area contributed by atoms with Gasteiger partial charge in [-0.1, -0.05) is 18.2 Å². The zero-order chi connectivity index (χ0) is 22.8. The molecule has 2 aromatic heterocycles. The zero-order valence-corrected chi connectivity index (χ0v) is 18.0. The lowest BCUT2D eigenvalue weighted by atomic mass is 10.1. The highest BCUT2D eigenvalue weighted by atomic mass is 16.5. The number of benzene rings is 2. The Kier molecular flexibility index (Phi) is 5.62. The Morgan fingerprint density at radius 3 is 2.61 bits per heavy atom. The molecule has 9 heteroatoms. The second-order valence-electron chi connectivity index (χ2n) is 7.98. The van der Waals surface area contributed by atoms with Crippen molar-refractivity contribution in [3.63, 3.8) is 0 Å². The third-order valence-electron chi connectivity index (χ3n) is 5.86. The number of nitrogens with two attached hydrogens (primary N) is 1. The number of carbonyl (C=O) groups excluding carboxylic acids is 1. The molecule has 1 aliphatic rings. The Bertz CT molecular complexity index is 1270. The Morgan fingerprint density at radius 2 is 1.85 bits per heavy atom. The maximum absolute atomic E-state index is 12.0. The smallest absolute Gasteiger partial charge is 0.248 e. The van der Waals surface area contributed by atoms with Crippen LogP contribution in [0.1, 0.15) is 18.9 Å². The molecular weight excluding hydrogens is 420 g/mol. The number of nitrogens with zero attached hydrogens (tertiary/aromatic N) is 5. The minimum atomic E-state index is -0.496. The number of amides is 1. The SMILES string of the molecule is Nc1ncnc2c1c(-c1ccc(Oc3ccccc3)cc1)nn2C1CCCN(C(=O)CO)C1. The van der Waals surface area contributed by atoms with E-state index < -0.39 is 6.61 Å². The summed E-state index contributed by atoms with van der Waals surface area (Å²) >= 11 is 0. The van der Waals surface area contributed by atoms with E-state index >= 15 is 0 Å². The molecule has 1 fully saturated rings. The first-order valence-corrected chi connectivity index (χ1v) is 10.8. The Morgan fingerprint density at radius 1 is 1.09 bits per heavy atom. The average molecular weight is 444 g/mol. The predicted molar refractivity (Wildman–Crippen MR) is 124 cm³/mol. The molecule has 2 aromatic carbocycles. The maximum atomic E-state index is 12.0. The Labute approximate surface area is 190 Å². The standard InChI is InChI=1S/C24H24N6O3/c25-23-21-22(16-8-10-19(11-9-16)33-18-6-2-1-3-7-18)28-30(24(21)27-15-26-23)17-5-4-12-29(13-17)20(32)14-31/h1-3,6-11,15,17,31H,4-5,12-14H2,(H2,25,26,27). The highest BCUT2D eigenvalue weighted by Gasteiger charge is 2.28. The third-order valence-corrected chi connectivity index (χ3v) is 5.86. The van der Waals surface area contributed by atoms with E-state index in [4.69, 9.17) is 15.6 Å². The van der Waals surface area contributed by atoms with Crippen molar-refractivity contribution in [2.24, 2.45) is 0 Å². The predicted octanol–water partition coefficient (Wildman–Crippen LogP) is 3.02. The van der Waals surface area contributed by atoms with Gasteiger partial charge in [-0.2, -0.15) is 5.10 Å². The number of hydrogen-bond donors (Lipinski definition) is 2. The van der Waals surface area contributed by atoms with Crippen LogP contribution >= 0.6 is 0 Å². The second kappa shape index (κ2) is 8.87. The monoisotopic (exact) mass is 444 g/mol. The molecule has 5 rings (SSSR count). The number of nitrogen functional groups attached to an aromatic ring is 1. The zero-order valence-electron chi connectivity index (χ0n) is 18.0. The first kappa shape index (κ1) is 20.9. The minimum absolute atomic E-state index is 0.0690. The number of fused-ring (bicyclic) bond motifs is 1. The quantitative estimate of drug-likeness (QED) is 0.485. The van der Waals surface area contributed by atoms with Gasteiger partial charge in [0.15, 0.2) is 5.65 Å². The van der Waals surface area contributed by atoms with Crippen molar-refractivity contribution < 1.29 is 14.6 Å². The minimum Gasteiger partial charge on any atom is -0.457 e. The van der Waals surface area contributed by atoms with E-state index in [2.05, 4.69) is 9.97 Å². The number of ether oxygens (including phenoxy) is 1. The molecule has 0 aliphatic carbocycles. The lowest BCUT2D eigenvalue weighted by Gasteiger charge is -2.32. The van der Waals surface area contributed by atoms with Crippen LogP contribution in [0.2, 0.25) is 0 Å². The summed E-state index contributed by atoms with van der Waals surface area (Å²) in [6, 6.07) is 17.1. The van der Waals surface area contributed by atoms with E-state index in [-0.39, 0.29) is 11.9 Å². The second-order valence-corrected chi connectivity index (χ2v) is 7.98. The van der Waals surface area contributed by atoms with Gasteiger partial charge in [-0.05, 0) is 49.2 Å². The highest BCUT2D eigenvalue weighted by molar-refractivity contribution is 5.98. The summed E-state index contributed by atoms with van der Waals surface area (Å²) in [4.78, 5) is 22.3. The molecule has 0 saturated carbocycles. The highest BCUT2D eigenvalue weighted by Crippen LogP contribution is 2.34. The van der Waals surface area contributed by atoms with Crippen molar-refractivity contribution in [3.05, 3.63) is 60.9 Å².